The number of aliphatic hydroxyl groups is 1. The number of nitrogens with zero attached hydrogens (tertiary/aromatic N) is 3. The number of hydrogen-bond acceptors (Lipinski definition) is 7. The first-order valence-corrected chi connectivity index (χ1v) is 9.17. The molecule has 2 atom stereocenters. The van der Waals surface area contributed by atoms with Crippen LogP contribution in [0, 0.1) is 17.2 Å². The number of nitriles is 1. The van der Waals surface area contributed by atoms with Crippen LogP contribution in [-0.2, 0) is 4.74 Å². The summed E-state index contributed by atoms with van der Waals surface area (Å²) < 4.78 is 5.41. The first-order valence-electron chi connectivity index (χ1n) is 9.17. The Morgan fingerprint density at radius 2 is 2.04 bits per heavy atom. The standard InChI is InChI=1S/C18H27N5O2/c1-25-15-7-5-14(6-8-15)21-18-20-10-13(9-19)17(23-18)22-16-4-2-3-12(16)11-24/h10,12,14-16,24H,2-8,11H2,1H3,(H2,20,21,22,23)/t12-,14-,15-,16-/m1/s1. The maximum atomic E-state index is 9.49. The number of hydrogen-bond donors (Lipinski definition) is 3. The lowest BCUT2D eigenvalue weighted by atomic mass is 9.93. The number of ether oxygens (including phenoxy) is 1. The molecule has 0 bridgehead atoms. The second kappa shape index (κ2) is 8.45. The third-order valence-corrected chi connectivity index (χ3v) is 5.47. The van der Waals surface area contributed by atoms with E-state index in [1.54, 1.807) is 13.3 Å². The van der Waals surface area contributed by atoms with Crippen molar-refractivity contribution in [1.29, 1.82) is 5.26 Å². The monoisotopic (exact) mass is 345 g/mol. The van der Waals surface area contributed by atoms with E-state index < -0.39 is 0 Å². The topological polar surface area (TPSA) is 103 Å². The fourth-order valence-corrected chi connectivity index (χ4v) is 3.89. The van der Waals surface area contributed by atoms with Gasteiger partial charge in [0.15, 0.2) is 0 Å². The molecule has 3 N–H and O–H groups in total. The van der Waals surface area contributed by atoms with Gasteiger partial charge in [0.25, 0.3) is 0 Å². The number of anilines is 2. The molecule has 0 aliphatic heterocycles. The molecule has 3 rings (SSSR count). The van der Waals surface area contributed by atoms with Crippen LogP contribution in [0.4, 0.5) is 11.8 Å². The number of nitrogens with one attached hydrogen (secondary N) is 2. The predicted octanol–water partition coefficient (Wildman–Crippen LogP) is 2.29. The molecule has 2 aliphatic rings. The van der Waals surface area contributed by atoms with E-state index in [1.165, 1.54) is 0 Å². The van der Waals surface area contributed by atoms with Crippen molar-refractivity contribution < 1.29 is 9.84 Å². The van der Waals surface area contributed by atoms with Crippen molar-refractivity contribution in [1.82, 2.24) is 9.97 Å². The summed E-state index contributed by atoms with van der Waals surface area (Å²) in [5.41, 5.74) is 0.442. The van der Waals surface area contributed by atoms with Crippen LogP contribution in [0.25, 0.3) is 0 Å². The summed E-state index contributed by atoms with van der Waals surface area (Å²) in [4.78, 5) is 8.83. The van der Waals surface area contributed by atoms with Crippen LogP contribution in [-0.4, -0.2) is 47.0 Å². The van der Waals surface area contributed by atoms with Gasteiger partial charge in [0.2, 0.25) is 5.95 Å². The summed E-state index contributed by atoms with van der Waals surface area (Å²) in [7, 11) is 1.77. The maximum absolute atomic E-state index is 9.49. The number of rotatable bonds is 6. The summed E-state index contributed by atoms with van der Waals surface area (Å²) in [5.74, 6) is 1.35. The molecular weight excluding hydrogens is 318 g/mol. The van der Waals surface area contributed by atoms with Crippen LogP contribution in [0.2, 0.25) is 0 Å². The summed E-state index contributed by atoms with van der Waals surface area (Å²) >= 11 is 0. The fourth-order valence-electron chi connectivity index (χ4n) is 3.89. The molecule has 1 aromatic heterocycles. The van der Waals surface area contributed by atoms with Crippen molar-refractivity contribution >= 4 is 11.8 Å². The zero-order valence-electron chi connectivity index (χ0n) is 14.7. The Balaban J connectivity index is 1.67. The van der Waals surface area contributed by atoms with E-state index in [1.807, 2.05) is 0 Å². The molecule has 7 heteroatoms. The van der Waals surface area contributed by atoms with E-state index in [9.17, 15) is 10.4 Å². The molecule has 1 aromatic rings. The van der Waals surface area contributed by atoms with Gasteiger partial charge in [-0.2, -0.15) is 10.2 Å². The molecule has 0 spiro atoms. The molecule has 0 amide bonds. The normalized spacial score (nSPS) is 29.2. The van der Waals surface area contributed by atoms with Crippen molar-refractivity contribution in [2.75, 3.05) is 24.4 Å². The largest absolute Gasteiger partial charge is 0.396 e. The van der Waals surface area contributed by atoms with Gasteiger partial charge in [0.1, 0.15) is 17.5 Å². The highest BCUT2D eigenvalue weighted by atomic mass is 16.5. The average Bonchev–Trinajstić information content (AvgIpc) is 3.10. The van der Waals surface area contributed by atoms with E-state index in [2.05, 4.69) is 26.7 Å². The van der Waals surface area contributed by atoms with Crippen LogP contribution >= 0.6 is 0 Å². The molecule has 2 fully saturated rings. The van der Waals surface area contributed by atoms with Gasteiger partial charge in [0, 0.05) is 31.7 Å². The molecule has 0 radical (unpaired) electrons. The van der Waals surface area contributed by atoms with Crippen molar-refractivity contribution in [3.8, 4) is 6.07 Å². The lowest BCUT2D eigenvalue weighted by Crippen LogP contribution is -2.30. The number of methoxy groups -OCH3 is 1. The van der Waals surface area contributed by atoms with E-state index in [0.29, 0.717) is 29.5 Å². The molecule has 2 aliphatic carbocycles. The molecule has 2 saturated carbocycles. The van der Waals surface area contributed by atoms with E-state index in [4.69, 9.17) is 4.74 Å². The van der Waals surface area contributed by atoms with Gasteiger partial charge in [-0.25, -0.2) is 4.98 Å². The third-order valence-electron chi connectivity index (χ3n) is 5.47. The van der Waals surface area contributed by atoms with E-state index in [0.717, 1.165) is 44.9 Å². The molecule has 0 aromatic carbocycles. The Bertz CT molecular complexity index is 610. The zero-order valence-corrected chi connectivity index (χ0v) is 14.7. The van der Waals surface area contributed by atoms with Crippen molar-refractivity contribution in [2.24, 2.45) is 5.92 Å². The lowest BCUT2D eigenvalue weighted by molar-refractivity contribution is 0.0681. The van der Waals surface area contributed by atoms with Crippen LogP contribution in [0.15, 0.2) is 6.20 Å². The second-order valence-electron chi connectivity index (χ2n) is 7.05. The smallest absolute Gasteiger partial charge is 0.224 e. The highest BCUT2D eigenvalue weighted by molar-refractivity contribution is 5.54. The molecule has 25 heavy (non-hydrogen) atoms. The zero-order chi connectivity index (χ0) is 17.6. The highest BCUT2D eigenvalue weighted by Crippen LogP contribution is 2.29. The Hall–Kier alpha value is -1.91. The Morgan fingerprint density at radius 1 is 1.24 bits per heavy atom. The second-order valence-corrected chi connectivity index (χ2v) is 7.05. The minimum absolute atomic E-state index is 0.164. The third kappa shape index (κ3) is 4.39. The SMILES string of the molecule is CO[C@H]1CC[C@H](Nc2ncc(C#N)c(N[C@@H]3CCC[C@@H]3CO)n2)CC1. The van der Waals surface area contributed by atoms with Gasteiger partial charge < -0.3 is 20.5 Å². The number of aliphatic hydroxyl groups excluding tert-OH is 1. The van der Waals surface area contributed by atoms with Gasteiger partial charge in [-0.15, -0.1) is 0 Å². The number of aromatic nitrogens is 2. The van der Waals surface area contributed by atoms with E-state index >= 15 is 0 Å². The summed E-state index contributed by atoms with van der Waals surface area (Å²) in [5, 5.41) is 25.6. The molecule has 0 unspecified atom stereocenters. The van der Waals surface area contributed by atoms with Crippen molar-refractivity contribution in [2.45, 2.75) is 63.1 Å². The predicted molar refractivity (Wildman–Crippen MR) is 95.3 cm³/mol. The Labute approximate surface area is 148 Å². The molecular formula is C18H27N5O2. The van der Waals surface area contributed by atoms with E-state index in [-0.39, 0.29) is 18.6 Å². The van der Waals surface area contributed by atoms with Gasteiger partial charge in [-0.3, -0.25) is 0 Å². The quantitative estimate of drug-likeness (QED) is 0.727. The van der Waals surface area contributed by atoms with Gasteiger partial charge in [0.05, 0.1) is 12.3 Å². The molecule has 7 nitrogen and oxygen atoms in total. The minimum Gasteiger partial charge on any atom is -0.396 e. The first kappa shape index (κ1) is 17.9. The minimum atomic E-state index is 0.164. The summed E-state index contributed by atoms with van der Waals surface area (Å²) in [6.07, 6.45) is 9.14. The Kier molecular flexibility index (Phi) is 6.05. The fraction of sp³-hybridized carbons (Fsp3) is 0.722. The highest BCUT2D eigenvalue weighted by Gasteiger charge is 2.28. The molecule has 0 saturated heterocycles. The Morgan fingerprint density at radius 3 is 2.72 bits per heavy atom. The molecule has 1 heterocycles. The van der Waals surface area contributed by atoms with Crippen LogP contribution < -0.4 is 10.6 Å². The van der Waals surface area contributed by atoms with Crippen LogP contribution in [0.3, 0.4) is 0 Å². The van der Waals surface area contributed by atoms with Gasteiger partial charge in [-0.1, -0.05) is 6.42 Å². The van der Waals surface area contributed by atoms with Gasteiger partial charge >= 0.3 is 0 Å². The lowest BCUT2D eigenvalue weighted by Gasteiger charge is -2.28. The van der Waals surface area contributed by atoms with Gasteiger partial charge in [-0.05, 0) is 38.5 Å². The van der Waals surface area contributed by atoms with Crippen molar-refractivity contribution in [3.05, 3.63) is 11.8 Å². The summed E-state index contributed by atoms with van der Waals surface area (Å²) in [6.45, 7) is 0.165. The van der Waals surface area contributed by atoms with Crippen LogP contribution in [0.1, 0.15) is 50.5 Å². The first-order chi connectivity index (χ1) is 12.2. The summed E-state index contributed by atoms with van der Waals surface area (Å²) in [6, 6.07) is 2.65. The maximum Gasteiger partial charge on any atom is 0.224 e. The molecule has 136 valence electrons. The average molecular weight is 345 g/mol. The van der Waals surface area contributed by atoms with Crippen LogP contribution in [0.5, 0.6) is 0 Å². The van der Waals surface area contributed by atoms with Crippen molar-refractivity contribution in [3.63, 3.8) is 0 Å².